The topological polar surface area (TPSA) is 66.0 Å². The summed E-state index contributed by atoms with van der Waals surface area (Å²) in [5, 5.41) is 2.87. The number of benzene rings is 2. The van der Waals surface area contributed by atoms with E-state index in [2.05, 4.69) is 5.32 Å². The Bertz CT molecular complexity index is 814. The van der Waals surface area contributed by atoms with Crippen LogP contribution in [0.25, 0.3) is 6.08 Å². The zero-order valence-electron chi connectivity index (χ0n) is 16.9. The van der Waals surface area contributed by atoms with Gasteiger partial charge in [0.2, 0.25) is 11.7 Å². The second-order valence-corrected chi connectivity index (χ2v) is 6.29. The molecule has 1 N–H and O–H groups in total. The van der Waals surface area contributed by atoms with Gasteiger partial charge in [-0.3, -0.25) is 4.79 Å². The fourth-order valence-corrected chi connectivity index (χ4v) is 2.61. The standard InChI is InChI=1S/C22H27NO5/c1-15-6-10-18(11-7-15)28-14-16(2)23-20(24)13-9-17-8-12-19(25-3)22(27-5)21(17)26-4/h6-13,16H,14H2,1-5H3,(H,23,24)/b13-9+. The molecule has 0 saturated carbocycles. The van der Waals surface area contributed by atoms with Gasteiger partial charge in [0.1, 0.15) is 12.4 Å². The quantitative estimate of drug-likeness (QED) is 0.668. The average molecular weight is 385 g/mol. The number of rotatable bonds is 9. The lowest BCUT2D eigenvalue weighted by Crippen LogP contribution is -2.35. The van der Waals surface area contributed by atoms with Crippen LogP contribution in [0.4, 0.5) is 0 Å². The first-order chi connectivity index (χ1) is 13.5. The van der Waals surface area contributed by atoms with Crippen molar-refractivity contribution < 1.29 is 23.7 Å². The Hall–Kier alpha value is -3.15. The van der Waals surface area contributed by atoms with E-state index in [0.29, 0.717) is 29.4 Å². The second-order valence-electron chi connectivity index (χ2n) is 6.29. The first-order valence-corrected chi connectivity index (χ1v) is 8.95. The predicted molar refractivity (Wildman–Crippen MR) is 109 cm³/mol. The van der Waals surface area contributed by atoms with Crippen LogP contribution in [0.15, 0.2) is 42.5 Å². The lowest BCUT2D eigenvalue weighted by Gasteiger charge is -2.15. The van der Waals surface area contributed by atoms with Gasteiger partial charge >= 0.3 is 0 Å². The summed E-state index contributed by atoms with van der Waals surface area (Å²) in [7, 11) is 4.63. The van der Waals surface area contributed by atoms with Gasteiger partial charge in [0, 0.05) is 11.6 Å². The van der Waals surface area contributed by atoms with E-state index < -0.39 is 0 Å². The minimum Gasteiger partial charge on any atom is -0.493 e. The molecule has 0 saturated heterocycles. The van der Waals surface area contributed by atoms with Gasteiger partial charge in [-0.2, -0.15) is 0 Å². The van der Waals surface area contributed by atoms with Gasteiger partial charge in [-0.1, -0.05) is 17.7 Å². The molecule has 0 aliphatic heterocycles. The fraction of sp³-hybridized carbons (Fsp3) is 0.318. The molecule has 0 spiro atoms. The number of hydrogen-bond acceptors (Lipinski definition) is 5. The molecule has 1 unspecified atom stereocenters. The maximum Gasteiger partial charge on any atom is 0.244 e. The molecule has 2 rings (SSSR count). The van der Waals surface area contributed by atoms with Crippen molar-refractivity contribution in [2.75, 3.05) is 27.9 Å². The summed E-state index contributed by atoms with van der Waals surface area (Å²) in [6.45, 7) is 4.28. The van der Waals surface area contributed by atoms with Gasteiger partial charge in [0.15, 0.2) is 11.5 Å². The van der Waals surface area contributed by atoms with Crippen LogP contribution < -0.4 is 24.3 Å². The Kier molecular flexibility index (Phi) is 7.75. The van der Waals surface area contributed by atoms with Crippen molar-refractivity contribution in [1.29, 1.82) is 0 Å². The third-order valence-corrected chi connectivity index (χ3v) is 4.06. The molecule has 0 fully saturated rings. The highest BCUT2D eigenvalue weighted by molar-refractivity contribution is 5.92. The van der Waals surface area contributed by atoms with Crippen molar-refractivity contribution in [3.63, 3.8) is 0 Å². The Morgan fingerprint density at radius 3 is 2.29 bits per heavy atom. The largest absolute Gasteiger partial charge is 0.493 e. The van der Waals surface area contributed by atoms with E-state index in [1.54, 1.807) is 32.4 Å². The molecule has 6 heteroatoms. The summed E-state index contributed by atoms with van der Waals surface area (Å²) in [5.41, 5.74) is 1.88. The molecule has 1 atom stereocenters. The summed E-state index contributed by atoms with van der Waals surface area (Å²) in [6, 6.07) is 11.2. The summed E-state index contributed by atoms with van der Waals surface area (Å²) < 4.78 is 21.7. The normalized spacial score (nSPS) is 11.8. The van der Waals surface area contributed by atoms with Crippen molar-refractivity contribution in [3.8, 4) is 23.0 Å². The molecule has 0 bridgehead atoms. The third kappa shape index (κ3) is 5.67. The van der Waals surface area contributed by atoms with Gasteiger partial charge in [-0.25, -0.2) is 0 Å². The number of methoxy groups -OCH3 is 3. The van der Waals surface area contributed by atoms with Crippen LogP contribution in [0.2, 0.25) is 0 Å². The zero-order chi connectivity index (χ0) is 20.5. The molecule has 0 heterocycles. The molecular weight excluding hydrogens is 358 g/mol. The Labute approximate surface area is 166 Å². The Morgan fingerprint density at radius 1 is 1.00 bits per heavy atom. The molecule has 1 amide bonds. The molecular formula is C22H27NO5. The fourth-order valence-electron chi connectivity index (χ4n) is 2.61. The van der Waals surface area contributed by atoms with Crippen LogP contribution in [-0.2, 0) is 4.79 Å². The van der Waals surface area contributed by atoms with Crippen molar-refractivity contribution in [2.24, 2.45) is 0 Å². The van der Waals surface area contributed by atoms with Gasteiger partial charge in [-0.05, 0) is 44.2 Å². The first kappa shape index (κ1) is 21.2. The van der Waals surface area contributed by atoms with E-state index in [0.717, 1.165) is 5.75 Å². The van der Waals surface area contributed by atoms with E-state index in [9.17, 15) is 4.79 Å². The predicted octanol–water partition coefficient (Wildman–Crippen LogP) is 3.62. The van der Waals surface area contributed by atoms with E-state index in [-0.39, 0.29) is 11.9 Å². The number of amides is 1. The summed E-state index contributed by atoms with van der Waals surface area (Å²) in [5.74, 6) is 2.09. The maximum atomic E-state index is 12.2. The van der Waals surface area contributed by atoms with Crippen molar-refractivity contribution in [2.45, 2.75) is 19.9 Å². The number of aryl methyl sites for hydroxylation is 1. The molecule has 0 aliphatic rings. The van der Waals surface area contributed by atoms with Crippen molar-refractivity contribution in [3.05, 3.63) is 53.6 Å². The number of ether oxygens (including phenoxy) is 4. The van der Waals surface area contributed by atoms with Crippen LogP contribution in [-0.4, -0.2) is 39.9 Å². The molecule has 150 valence electrons. The van der Waals surface area contributed by atoms with Crippen LogP contribution in [0, 0.1) is 6.92 Å². The summed E-state index contributed by atoms with van der Waals surface area (Å²) in [4.78, 5) is 12.2. The van der Waals surface area contributed by atoms with Crippen LogP contribution in [0.3, 0.4) is 0 Å². The third-order valence-electron chi connectivity index (χ3n) is 4.06. The van der Waals surface area contributed by atoms with Crippen LogP contribution >= 0.6 is 0 Å². The number of carbonyl (C=O) groups excluding carboxylic acids is 1. The molecule has 2 aromatic carbocycles. The van der Waals surface area contributed by atoms with Crippen molar-refractivity contribution >= 4 is 12.0 Å². The van der Waals surface area contributed by atoms with Gasteiger partial charge in [0.05, 0.1) is 27.4 Å². The molecule has 2 aromatic rings. The van der Waals surface area contributed by atoms with E-state index in [4.69, 9.17) is 18.9 Å². The monoisotopic (exact) mass is 385 g/mol. The Balaban J connectivity index is 1.96. The number of carbonyl (C=O) groups is 1. The zero-order valence-corrected chi connectivity index (χ0v) is 16.9. The molecule has 0 aromatic heterocycles. The number of hydrogen-bond donors (Lipinski definition) is 1. The van der Waals surface area contributed by atoms with E-state index in [1.165, 1.54) is 18.7 Å². The van der Waals surface area contributed by atoms with Crippen LogP contribution in [0.1, 0.15) is 18.1 Å². The maximum absolute atomic E-state index is 12.2. The minimum absolute atomic E-state index is 0.147. The van der Waals surface area contributed by atoms with Gasteiger partial charge in [0.25, 0.3) is 0 Å². The van der Waals surface area contributed by atoms with E-state index in [1.807, 2.05) is 38.1 Å². The summed E-state index contributed by atoms with van der Waals surface area (Å²) >= 11 is 0. The highest BCUT2D eigenvalue weighted by Gasteiger charge is 2.14. The molecule has 6 nitrogen and oxygen atoms in total. The summed E-state index contributed by atoms with van der Waals surface area (Å²) in [6.07, 6.45) is 3.12. The van der Waals surface area contributed by atoms with E-state index >= 15 is 0 Å². The van der Waals surface area contributed by atoms with Gasteiger partial charge < -0.3 is 24.3 Å². The SMILES string of the molecule is COc1ccc(/C=C/C(=O)NC(C)COc2ccc(C)cc2)c(OC)c1OC. The molecule has 0 radical (unpaired) electrons. The molecule has 0 aliphatic carbocycles. The number of nitrogens with one attached hydrogen (secondary N) is 1. The lowest BCUT2D eigenvalue weighted by atomic mass is 10.1. The van der Waals surface area contributed by atoms with Gasteiger partial charge in [-0.15, -0.1) is 0 Å². The lowest BCUT2D eigenvalue weighted by molar-refractivity contribution is -0.117. The van der Waals surface area contributed by atoms with Crippen molar-refractivity contribution in [1.82, 2.24) is 5.32 Å². The molecule has 28 heavy (non-hydrogen) atoms. The smallest absolute Gasteiger partial charge is 0.244 e. The first-order valence-electron chi connectivity index (χ1n) is 8.95. The van der Waals surface area contributed by atoms with Crippen LogP contribution in [0.5, 0.6) is 23.0 Å². The highest BCUT2D eigenvalue weighted by Crippen LogP contribution is 2.40. The average Bonchev–Trinajstić information content (AvgIpc) is 2.70. The second kappa shape index (κ2) is 10.3. The Morgan fingerprint density at radius 2 is 1.68 bits per heavy atom. The highest BCUT2D eigenvalue weighted by atomic mass is 16.5. The minimum atomic E-state index is -0.225.